The van der Waals surface area contributed by atoms with Crippen LogP contribution in [0, 0.1) is 11.8 Å². The third-order valence-electron chi connectivity index (χ3n) is 4.39. The first-order chi connectivity index (χ1) is 10.0. The summed E-state index contributed by atoms with van der Waals surface area (Å²) >= 11 is 1.80. The fourth-order valence-electron chi connectivity index (χ4n) is 3.37. The molecule has 0 radical (unpaired) electrons. The first-order valence-corrected chi connectivity index (χ1v) is 10.1. The second-order valence-electron chi connectivity index (χ2n) is 6.02. The summed E-state index contributed by atoms with van der Waals surface area (Å²) in [5.41, 5.74) is 0. The Bertz CT molecular complexity index is 559. The number of hydrogen-bond donors (Lipinski definition) is 1. The Kier molecular flexibility index (Phi) is 4.66. The fourth-order valence-corrected chi connectivity index (χ4v) is 4.59. The number of nitrogens with one attached hydrogen (secondary N) is 1. The van der Waals surface area contributed by atoms with Crippen molar-refractivity contribution < 1.29 is 13.2 Å². The second-order valence-corrected chi connectivity index (χ2v) is 8.88. The summed E-state index contributed by atoms with van der Waals surface area (Å²) in [7, 11) is -3.13. The predicted molar refractivity (Wildman–Crippen MR) is 83.8 cm³/mol. The van der Waals surface area contributed by atoms with Crippen LogP contribution in [0.2, 0.25) is 0 Å². The summed E-state index contributed by atoms with van der Waals surface area (Å²) in [5, 5.41) is 2.12. The van der Waals surface area contributed by atoms with E-state index in [2.05, 4.69) is 27.1 Å². The molecule has 3 rings (SSSR count). The quantitative estimate of drug-likeness (QED) is 0.879. The Morgan fingerprint density at radius 2 is 2.38 bits per heavy atom. The standard InChI is InChI=1S/C14H22N2O3S2/c1-21(17,18)15-7-14-13-4-5-16(8-11(13)10-19-14)9-12-3-2-6-20-12/h2-3,6,11,13-15H,4-5,7-10H2,1H3/t11-,13-,14+/m1/s1. The number of sulfonamides is 1. The third kappa shape index (κ3) is 4.04. The van der Waals surface area contributed by atoms with Crippen molar-refractivity contribution in [3.63, 3.8) is 0 Å². The predicted octanol–water partition coefficient (Wildman–Crippen LogP) is 1.13. The van der Waals surface area contributed by atoms with Crippen molar-refractivity contribution in [3.05, 3.63) is 22.4 Å². The van der Waals surface area contributed by atoms with E-state index in [0.717, 1.165) is 32.7 Å². The van der Waals surface area contributed by atoms with E-state index in [-0.39, 0.29) is 6.10 Å². The Balaban J connectivity index is 1.52. The minimum atomic E-state index is -3.13. The van der Waals surface area contributed by atoms with Gasteiger partial charge >= 0.3 is 0 Å². The highest BCUT2D eigenvalue weighted by molar-refractivity contribution is 7.88. The lowest BCUT2D eigenvalue weighted by molar-refractivity contribution is 0.0886. The summed E-state index contributed by atoms with van der Waals surface area (Å²) < 4.78 is 30.8. The molecule has 2 fully saturated rings. The molecule has 5 nitrogen and oxygen atoms in total. The molecule has 118 valence electrons. The molecule has 2 aliphatic rings. The van der Waals surface area contributed by atoms with Crippen LogP contribution in [0.1, 0.15) is 11.3 Å². The topological polar surface area (TPSA) is 58.6 Å². The Hall–Kier alpha value is -0.470. The maximum Gasteiger partial charge on any atom is 0.208 e. The van der Waals surface area contributed by atoms with E-state index in [0.29, 0.717) is 18.4 Å². The lowest BCUT2D eigenvalue weighted by Crippen LogP contribution is -2.43. The van der Waals surface area contributed by atoms with Crippen LogP contribution in [0.25, 0.3) is 0 Å². The van der Waals surface area contributed by atoms with Gasteiger partial charge in [0.2, 0.25) is 10.0 Å². The van der Waals surface area contributed by atoms with Gasteiger partial charge in [-0.3, -0.25) is 4.90 Å². The van der Waals surface area contributed by atoms with E-state index in [1.54, 1.807) is 11.3 Å². The summed E-state index contributed by atoms with van der Waals surface area (Å²) in [5.74, 6) is 1.02. The highest BCUT2D eigenvalue weighted by Gasteiger charge is 2.40. The molecule has 0 amide bonds. The number of rotatable bonds is 5. The maximum atomic E-state index is 11.2. The van der Waals surface area contributed by atoms with E-state index < -0.39 is 10.0 Å². The zero-order valence-corrected chi connectivity index (χ0v) is 13.8. The van der Waals surface area contributed by atoms with E-state index in [1.807, 2.05) is 0 Å². The molecule has 3 atom stereocenters. The molecule has 1 N–H and O–H groups in total. The second kappa shape index (κ2) is 6.34. The smallest absolute Gasteiger partial charge is 0.208 e. The first kappa shape index (κ1) is 15.4. The zero-order valence-electron chi connectivity index (χ0n) is 12.2. The number of thiophene rings is 1. The van der Waals surface area contributed by atoms with Gasteiger partial charge < -0.3 is 4.74 Å². The van der Waals surface area contributed by atoms with Crippen LogP contribution < -0.4 is 4.72 Å². The van der Waals surface area contributed by atoms with Gasteiger partial charge in [0.05, 0.1) is 19.0 Å². The molecular formula is C14H22N2O3S2. The fraction of sp³-hybridized carbons (Fsp3) is 0.714. The van der Waals surface area contributed by atoms with Gasteiger partial charge in [-0.1, -0.05) is 6.07 Å². The van der Waals surface area contributed by atoms with E-state index in [1.165, 1.54) is 11.1 Å². The molecule has 0 aromatic carbocycles. The van der Waals surface area contributed by atoms with Crippen molar-refractivity contribution in [2.24, 2.45) is 11.8 Å². The summed E-state index contributed by atoms with van der Waals surface area (Å²) in [6, 6.07) is 4.28. The van der Waals surface area contributed by atoms with Crippen molar-refractivity contribution in [2.75, 3.05) is 32.5 Å². The Morgan fingerprint density at radius 3 is 3.10 bits per heavy atom. The van der Waals surface area contributed by atoms with Crippen LogP contribution in [0.15, 0.2) is 17.5 Å². The number of nitrogens with zero attached hydrogens (tertiary/aromatic N) is 1. The van der Waals surface area contributed by atoms with Crippen molar-refractivity contribution in [1.82, 2.24) is 9.62 Å². The maximum absolute atomic E-state index is 11.2. The van der Waals surface area contributed by atoms with Crippen LogP contribution in [0.4, 0.5) is 0 Å². The molecule has 21 heavy (non-hydrogen) atoms. The lowest BCUT2D eigenvalue weighted by atomic mass is 9.84. The molecule has 7 heteroatoms. The monoisotopic (exact) mass is 330 g/mol. The molecule has 0 spiro atoms. The van der Waals surface area contributed by atoms with Crippen LogP contribution >= 0.6 is 11.3 Å². The van der Waals surface area contributed by atoms with Crippen molar-refractivity contribution in [2.45, 2.75) is 19.1 Å². The molecule has 2 saturated heterocycles. The van der Waals surface area contributed by atoms with E-state index in [9.17, 15) is 8.42 Å². The Morgan fingerprint density at radius 1 is 1.52 bits per heavy atom. The molecule has 0 saturated carbocycles. The average Bonchev–Trinajstić information content (AvgIpc) is 3.04. The van der Waals surface area contributed by atoms with Gasteiger partial charge in [-0.25, -0.2) is 13.1 Å². The van der Waals surface area contributed by atoms with E-state index in [4.69, 9.17) is 4.74 Å². The highest BCUT2D eigenvalue weighted by atomic mass is 32.2. The zero-order chi connectivity index (χ0) is 14.9. The lowest BCUT2D eigenvalue weighted by Gasteiger charge is -2.35. The number of ether oxygens (including phenoxy) is 1. The number of hydrogen-bond acceptors (Lipinski definition) is 5. The van der Waals surface area contributed by atoms with Crippen molar-refractivity contribution >= 4 is 21.4 Å². The van der Waals surface area contributed by atoms with Gasteiger partial charge in [0.15, 0.2) is 0 Å². The summed E-state index contributed by atoms with van der Waals surface area (Å²) in [6.07, 6.45) is 2.32. The average molecular weight is 330 g/mol. The minimum Gasteiger partial charge on any atom is -0.376 e. The van der Waals surface area contributed by atoms with Gasteiger partial charge in [-0.15, -0.1) is 11.3 Å². The third-order valence-corrected chi connectivity index (χ3v) is 5.94. The van der Waals surface area contributed by atoms with Crippen LogP contribution in [0.3, 0.4) is 0 Å². The van der Waals surface area contributed by atoms with Crippen LogP contribution in [-0.2, 0) is 21.3 Å². The number of fused-ring (bicyclic) bond motifs is 1. The summed E-state index contributed by atoms with van der Waals surface area (Å²) in [4.78, 5) is 3.89. The molecule has 0 bridgehead atoms. The largest absolute Gasteiger partial charge is 0.376 e. The molecular weight excluding hydrogens is 308 g/mol. The molecule has 0 unspecified atom stereocenters. The first-order valence-electron chi connectivity index (χ1n) is 7.32. The summed E-state index contributed by atoms with van der Waals surface area (Å²) in [6.45, 7) is 4.30. The molecule has 2 aliphatic heterocycles. The normalized spacial score (nSPS) is 30.4. The van der Waals surface area contributed by atoms with Crippen molar-refractivity contribution in [3.8, 4) is 0 Å². The van der Waals surface area contributed by atoms with Gasteiger partial charge in [0.25, 0.3) is 0 Å². The van der Waals surface area contributed by atoms with Crippen LogP contribution in [0.5, 0.6) is 0 Å². The molecule has 0 aliphatic carbocycles. The van der Waals surface area contributed by atoms with E-state index >= 15 is 0 Å². The SMILES string of the molecule is CS(=O)(=O)NC[C@@H]1OC[C@H]2CN(Cc3cccs3)CC[C@H]21. The van der Waals surface area contributed by atoms with Crippen LogP contribution in [-0.4, -0.2) is 51.9 Å². The number of piperidine rings is 1. The van der Waals surface area contributed by atoms with Gasteiger partial charge in [0.1, 0.15) is 0 Å². The van der Waals surface area contributed by atoms with Gasteiger partial charge in [-0.2, -0.15) is 0 Å². The minimum absolute atomic E-state index is 0.0358. The van der Waals surface area contributed by atoms with Gasteiger partial charge in [0, 0.05) is 30.4 Å². The Labute approximate surface area is 130 Å². The molecule has 1 aromatic rings. The molecule has 1 aromatic heterocycles. The molecule has 3 heterocycles. The highest BCUT2D eigenvalue weighted by Crippen LogP contribution is 2.34. The number of likely N-dealkylation sites (tertiary alicyclic amines) is 1. The van der Waals surface area contributed by atoms with Gasteiger partial charge in [-0.05, 0) is 30.3 Å². The van der Waals surface area contributed by atoms with Crippen molar-refractivity contribution in [1.29, 1.82) is 0 Å².